The van der Waals surface area contributed by atoms with Crippen molar-refractivity contribution in [2.24, 2.45) is 0 Å². The highest BCUT2D eigenvalue weighted by Crippen LogP contribution is 2.37. The summed E-state index contributed by atoms with van der Waals surface area (Å²) in [6, 6.07) is 19.8. The molecule has 0 radical (unpaired) electrons. The van der Waals surface area contributed by atoms with Crippen LogP contribution in [-0.2, 0) is 33.5 Å². The molecule has 4 aliphatic rings. The predicted octanol–water partition coefficient (Wildman–Crippen LogP) is 6.14. The van der Waals surface area contributed by atoms with E-state index in [2.05, 4.69) is 55.0 Å². The van der Waals surface area contributed by atoms with E-state index in [0.717, 1.165) is 117 Å². The lowest BCUT2D eigenvalue weighted by molar-refractivity contribution is -0.136. The minimum atomic E-state index is -2.47. The summed E-state index contributed by atoms with van der Waals surface area (Å²) >= 11 is 6.58. The summed E-state index contributed by atoms with van der Waals surface area (Å²) in [5.41, 5.74) is 6.18. The van der Waals surface area contributed by atoms with Crippen molar-refractivity contribution in [1.82, 2.24) is 30.0 Å². The first-order valence-electron chi connectivity index (χ1n) is 22.2. The van der Waals surface area contributed by atoms with Crippen molar-refractivity contribution < 1.29 is 23.7 Å². The van der Waals surface area contributed by atoms with E-state index in [1.165, 1.54) is 5.69 Å². The predicted molar refractivity (Wildman–Crippen MR) is 248 cm³/mol. The Labute approximate surface area is 376 Å². The number of halogens is 1. The molecule has 3 fully saturated rings. The lowest BCUT2D eigenvalue weighted by Gasteiger charge is -2.43. The Morgan fingerprint density at radius 1 is 0.905 bits per heavy atom. The maximum absolute atomic E-state index is 13.1. The van der Waals surface area contributed by atoms with Crippen LogP contribution in [0.5, 0.6) is 5.75 Å². The zero-order valence-corrected chi connectivity index (χ0v) is 38.2. The summed E-state index contributed by atoms with van der Waals surface area (Å²) in [6.07, 6.45) is 8.41. The maximum Gasteiger partial charge on any atom is 0.255 e. The van der Waals surface area contributed by atoms with Gasteiger partial charge in [-0.25, -0.2) is 9.97 Å². The molecule has 3 saturated heterocycles. The van der Waals surface area contributed by atoms with E-state index in [1.54, 1.807) is 37.6 Å². The molecular formula is C49H57ClN7O5P. The molecule has 4 aliphatic heterocycles. The van der Waals surface area contributed by atoms with E-state index in [0.29, 0.717) is 48.3 Å². The number of imide groups is 1. The number of anilines is 1. The lowest BCUT2D eigenvalue weighted by atomic mass is 10.0. The summed E-state index contributed by atoms with van der Waals surface area (Å²) in [7, 11) is -0.754. The van der Waals surface area contributed by atoms with Crippen LogP contribution in [0, 0.1) is 11.8 Å². The quantitative estimate of drug-likeness (QED) is 0.0725. The van der Waals surface area contributed by atoms with Crippen LogP contribution in [0.15, 0.2) is 66.9 Å². The first-order valence-corrected chi connectivity index (χ1v) is 25.2. The zero-order chi connectivity index (χ0) is 44.1. The number of carbonyl (C=O) groups is 3. The van der Waals surface area contributed by atoms with Gasteiger partial charge in [-0.2, -0.15) is 0 Å². The normalized spacial score (nSPS) is 18.9. The Hall–Kier alpha value is -5.05. The number of rotatable bonds is 13. The second-order valence-corrected chi connectivity index (χ2v) is 21.1. The van der Waals surface area contributed by atoms with Crippen LogP contribution in [0.1, 0.15) is 89.1 Å². The van der Waals surface area contributed by atoms with Gasteiger partial charge >= 0.3 is 0 Å². The number of aromatic nitrogens is 2. The summed E-state index contributed by atoms with van der Waals surface area (Å²) in [5.74, 6) is 7.26. The fourth-order valence-electron chi connectivity index (χ4n) is 9.52. The molecule has 1 atom stereocenters. The highest BCUT2D eigenvalue weighted by molar-refractivity contribution is 7.70. The topological polar surface area (TPSA) is 128 Å². The van der Waals surface area contributed by atoms with Crippen molar-refractivity contribution in [2.45, 2.75) is 76.4 Å². The SMILES string of the molecule is COc1cc(N2CCC(N3CCN(CCCCC#Cc4cccc5c4CN(C4CCC(=O)NC4=O)C5=O)CC3)CC2)ccc1Cc1ncc(Cl)c(Cc2ccccc2P(C)(C)=O)n1. The van der Waals surface area contributed by atoms with Gasteiger partial charge in [0.15, 0.2) is 0 Å². The number of amides is 3. The molecule has 3 aromatic carbocycles. The summed E-state index contributed by atoms with van der Waals surface area (Å²) in [6.45, 7) is 11.4. The lowest BCUT2D eigenvalue weighted by Crippen LogP contribution is -2.53. The number of ether oxygens (including phenoxy) is 1. The molecule has 330 valence electrons. The fraction of sp³-hybridized carbons (Fsp3) is 0.449. The van der Waals surface area contributed by atoms with Gasteiger partial charge in [0.05, 0.1) is 17.8 Å². The summed E-state index contributed by atoms with van der Waals surface area (Å²) < 4.78 is 18.9. The van der Waals surface area contributed by atoms with Gasteiger partial charge in [0.2, 0.25) is 11.8 Å². The third-order valence-electron chi connectivity index (χ3n) is 13.0. The number of nitrogens with one attached hydrogen (secondary N) is 1. The third kappa shape index (κ3) is 10.5. The second-order valence-electron chi connectivity index (χ2n) is 17.5. The van der Waals surface area contributed by atoms with Crippen molar-refractivity contribution in [1.29, 1.82) is 0 Å². The van der Waals surface area contributed by atoms with Crippen molar-refractivity contribution in [2.75, 3.05) is 71.2 Å². The zero-order valence-electron chi connectivity index (χ0n) is 36.6. The van der Waals surface area contributed by atoms with Crippen molar-refractivity contribution >= 4 is 47.5 Å². The van der Waals surface area contributed by atoms with Crippen molar-refractivity contribution in [3.63, 3.8) is 0 Å². The molecule has 3 amide bonds. The average Bonchev–Trinajstić information content (AvgIpc) is 3.62. The Kier molecular flexibility index (Phi) is 14.0. The monoisotopic (exact) mass is 889 g/mol. The Morgan fingerprint density at radius 2 is 1.70 bits per heavy atom. The molecule has 1 N–H and O–H groups in total. The van der Waals surface area contributed by atoms with Crippen LogP contribution in [0.4, 0.5) is 5.69 Å². The van der Waals surface area contributed by atoms with Gasteiger partial charge in [0, 0.05) is 117 Å². The molecule has 5 heterocycles. The summed E-state index contributed by atoms with van der Waals surface area (Å²) in [5, 5.41) is 3.72. The minimum absolute atomic E-state index is 0.169. The van der Waals surface area contributed by atoms with E-state index >= 15 is 0 Å². The summed E-state index contributed by atoms with van der Waals surface area (Å²) in [4.78, 5) is 56.0. The van der Waals surface area contributed by atoms with Crippen LogP contribution >= 0.6 is 18.7 Å². The second kappa shape index (κ2) is 19.8. The first-order chi connectivity index (χ1) is 30.4. The number of hydrogen-bond donors (Lipinski definition) is 1. The highest BCUT2D eigenvalue weighted by Gasteiger charge is 2.39. The molecule has 0 spiro atoms. The molecule has 63 heavy (non-hydrogen) atoms. The van der Waals surface area contributed by atoms with Gasteiger partial charge in [-0.1, -0.05) is 59.8 Å². The Morgan fingerprint density at radius 3 is 2.46 bits per heavy atom. The molecule has 0 bridgehead atoms. The van der Waals surface area contributed by atoms with E-state index < -0.39 is 19.1 Å². The number of piperidine rings is 2. The van der Waals surface area contributed by atoms with Gasteiger partial charge in [0.1, 0.15) is 24.8 Å². The standard InChI is InChI=1S/C49H57ClN7O5P/c1-62-44-31-38(17-16-35(44)30-46-51-32-41(50)42(52-46)29-36-12-7-8-15-45(36)63(2,3)61)55-23-20-37(21-24-55)56-27-25-54(26-28-56)22-9-5-4-6-11-34-13-10-14-39-40(34)33-57(49(39)60)43-18-19-47(58)53-48(43)59/h7-8,10,12-17,31-32,37,43H,4-5,9,18-30,33H2,1-3H3,(H,53,58,59). The van der Waals surface area contributed by atoms with Gasteiger partial charge in [-0.05, 0) is 81.3 Å². The average molecular weight is 890 g/mol. The molecule has 12 nitrogen and oxygen atoms in total. The number of nitrogens with zero attached hydrogens (tertiary/aromatic N) is 6. The number of unbranched alkanes of at least 4 members (excludes halogenated alkanes) is 2. The van der Waals surface area contributed by atoms with Crippen LogP contribution in [0.3, 0.4) is 0 Å². The van der Waals surface area contributed by atoms with Crippen LogP contribution in [0.2, 0.25) is 5.02 Å². The number of piperazine rings is 1. The van der Waals surface area contributed by atoms with Crippen LogP contribution < -0.4 is 20.3 Å². The number of methoxy groups -OCH3 is 1. The van der Waals surface area contributed by atoms with Crippen molar-refractivity contribution in [3.05, 3.63) is 111 Å². The molecular weight excluding hydrogens is 833 g/mol. The largest absolute Gasteiger partial charge is 0.496 e. The van der Waals surface area contributed by atoms with E-state index in [-0.39, 0.29) is 18.2 Å². The molecule has 14 heteroatoms. The third-order valence-corrected chi connectivity index (χ3v) is 14.9. The van der Waals surface area contributed by atoms with E-state index in [1.807, 2.05) is 36.4 Å². The number of hydrogen-bond acceptors (Lipinski definition) is 10. The molecule has 0 saturated carbocycles. The van der Waals surface area contributed by atoms with Gasteiger partial charge < -0.3 is 24.0 Å². The Bertz CT molecular complexity index is 2470. The van der Waals surface area contributed by atoms with E-state index in [4.69, 9.17) is 21.3 Å². The molecule has 4 aromatic rings. The van der Waals surface area contributed by atoms with Crippen LogP contribution in [0.25, 0.3) is 0 Å². The number of fused-ring (bicyclic) bond motifs is 1. The molecule has 8 rings (SSSR count). The van der Waals surface area contributed by atoms with Crippen molar-refractivity contribution in [3.8, 4) is 17.6 Å². The molecule has 0 aliphatic carbocycles. The van der Waals surface area contributed by atoms with Gasteiger partial charge in [-0.3, -0.25) is 24.6 Å². The first kappa shape index (κ1) is 44.6. The smallest absolute Gasteiger partial charge is 0.255 e. The van der Waals surface area contributed by atoms with Gasteiger partial charge in [0.25, 0.3) is 5.91 Å². The maximum atomic E-state index is 13.1. The fourth-order valence-corrected chi connectivity index (χ4v) is 11.0. The highest BCUT2D eigenvalue weighted by atomic mass is 35.5. The molecule has 1 aromatic heterocycles. The van der Waals surface area contributed by atoms with Gasteiger partial charge in [-0.15, -0.1) is 0 Å². The number of benzene rings is 3. The number of carbonyl (C=O) groups excluding carboxylic acids is 3. The Balaban J connectivity index is 0.764. The van der Waals surface area contributed by atoms with E-state index in [9.17, 15) is 18.9 Å². The molecule has 1 unspecified atom stereocenters. The minimum Gasteiger partial charge on any atom is -0.496 e. The van der Waals surface area contributed by atoms with Crippen LogP contribution in [-0.4, -0.2) is 121 Å².